The molecule has 1 aliphatic rings. The maximum absolute atomic E-state index is 13.1. The molecule has 0 radical (unpaired) electrons. The molecule has 1 aliphatic heterocycles. The van der Waals surface area contributed by atoms with E-state index in [2.05, 4.69) is 45.7 Å². The first-order valence-corrected chi connectivity index (χ1v) is 13.9. The van der Waals surface area contributed by atoms with Gasteiger partial charge >= 0.3 is 0 Å². The van der Waals surface area contributed by atoms with Crippen molar-refractivity contribution in [2.45, 2.75) is 104 Å². The molecular formula is C26H39Br2NO2. The average Bonchev–Trinajstić information content (AvgIpc) is 3.01. The van der Waals surface area contributed by atoms with Gasteiger partial charge in [0.1, 0.15) is 0 Å². The first kappa shape index (κ1) is 26.6. The summed E-state index contributed by atoms with van der Waals surface area (Å²) in [5, 5.41) is 0. The van der Waals surface area contributed by atoms with E-state index in [0.717, 1.165) is 12.8 Å². The van der Waals surface area contributed by atoms with Gasteiger partial charge in [-0.2, -0.15) is 0 Å². The predicted octanol–water partition coefficient (Wildman–Crippen LogP) is 8.93. The second-order valence-corrected chi connectivity index (χ2v) is 10.7. The normalized spacial score (nSPS) is 13.5. The van der Waals surface area contributed by atoms with E-state index in [1.54, 1.807) is 0 Å². The van der Waals surface area contributed by atoms with Gasteiger partial charge in [0, 0.05) is 15.5 Å². The van der Waals surface area contributed by atoms with E-state index >= 15 is 0 Å². The number of unbranched alkanes of at least 4 members (excludes halogenated alkanes) is 10. The Morgan fingerprint density at radius 1 is 0.677 bits per heavy atom. The molecule has 3 nitrogen and oxygen atoms in total. The van der Waals surface area contributed by atoms with Crippen molar-refractivity contribution in [1.82, 2.24) is 4.90 Å². The van der Waals surface area contributed by atoms with Crippen molar-refractivity contribution in [3.05, 3.63) is 32.2 Å². The lowest BCUT2D eigenvalue weighted by molar-refractivity contribution is 0.0621. The van der Waals surface area contributed by atoms with Crippen molar-refractivity contribution >= 4 is 43.7 Å². The summed E-state index contributed by atoms with van der Waals surface area (Å²) in [6.07, 6.45) is 17.5. The lowest BCUT2D eigenvalue weighted by atomic mass is 9.93. The van der Waals surface area contributed by atoms with Crippen LogP contribution in [0.4, 0.5) is 0 Å². The van der Waals surface area contributed by atoms with Gasteiger partial charge in [-0.25, -0.2) is 0 Å². The fourth-order valence-corrected chi connectivity index (χ4v) is 5.51. The van der Waals surface area contributed by atoms with Gasteiger partial charge in [0.2, 0.25) is 0 Å². The Bertz CT molecular complexity index is 663. The van der Waals surface area contributed by atoms with Gasteiger partial charge in [0.25, 0.3) is 11.8 Å². The van der Waals surface area contributed by atoms with Gasteiger partial charge in [0.15, 0.2) is 0 Å². The summed E-state index contributed by atoms with van der Waals surface area (Å²) in [5.74, 6) is 0.102. The Morgan fingerprint density at radius 2 is 1.06 bits per heavy atom. The summed E-state index contributed by atoms with van der Waals surface area (Å²) in [6, 6.07) is 3.67. The summed E-state index contributed by atoms with van der Waals surface area (Å²) in [5.41, 5.74) is 1.02. The summed E-state index contributed by atoms with van der Waals surface area (Å²) in [7, 11) is 0. The van der Waals surface area contributed by atoms with Crippen molar-refractivity contribution in [2.75, 3.05) is 6.54 Å². The van der Waals surface area contributed by atoms with Crippen LogP contribution in [0.15, 0.2) is 21.1 Å². The molecule has 2 rings (SSSR count). The first-order chi connectivity index (χ1) is 15.0. The highest BCUT2D eigenvalue weighted by Crippen LogP contribution is 2.35. The minimum absolute atomic E-state index is 0.149. The van der Waals surface area contributed by atoms with Crippen LogP contribution in [-0.4, -0.2) is 23.3 Å². The maximum Gasteiger partial charge on any atom is 0.262 e. The predicted molar refractivity (Wildman–Crippen MR) is 137 cm³/mol. The van der Waals surface area contributed by atoms with Crippen LogP contribution in [0.1, 0.15) is 124 Å². The molecule has 0 spiro atoms. The number of carbonyl (C=O) groups is 2. The molecule has 1 aromatic carbocycles. The molecule has 0 N–H and O–H groups in total. The van der Waals surface area contributed by atoms with Crippen LogP contribution in [0.5, 0.6) is 0 Å². The number of rotatable bonds is 16. The molecule has 0 aromatic heterocycles. The standard InChI is InChI=1S/C26H39Br2NO2/c1-3-5-7-9-11-13-15-20(16-14-12-10-8-6-4-2)19-29-25(30)23-21(27)17-18-22(28)24(23)26(29)31/h17-18,20H,3-16,19H2,1-2H3. The molecule has 0 saturated heterocycles. The minimum Gasteiger partial charge on any atom is -0.274 e. The number of hydrogen-bond acceptors (Lipinski definition) is 2. The second-order valence-electron chi connectivity index (χ2n) is 8.98. The van der Waals surface area contributed by atoms with Crippen LogP contribution in [-0.2, 0) is 0 Å². The van der Waals surface area contributed by atoms with Crippen LogP contribution < -0.4 is 0 Å². The highest BCUT2D eigenvalue weighted by Gasteiger charge is 2.39. The first-order valence-electron chi connectivity index (χ1n) is 12.3. The third kappa shape index (κ3) is 7.99. The van der Waals surface area contributed by atoms with Crippen LogP contribution in [0.3, 0.4) is 0 Å². The topological polar surface area (TPSA) is 37.4 Å². The number of amides is 2. The number of nitrogens with zero attached hydrogens (tertiary/aromatic N) is 1. The van der Waals surface area contributed by atoms with Crippen molar-refractivity contribution in [3.8, 4) is 0 Å². The van der Waals surface area contributed by atoms with Crippen molar-refractivity contribution < 1.29 is 9.59 Å². The monoisotopic (exact) mass is 555 g/mol. The Labute approximate surface area is 206 Å². The molecule has 0 bridgehead atoms. The quantitative estimate of drug-likeness (QED) is 0.150. The fourth-order valence-electron chi connectivity index (χ4n) is 4.51. The molecule has 5 heteroatoms. The molecular weight excluding hydrogens is 518 g/mol. The van der Waals surface area contributed by atoms with Crippen LogP contribution in [0, 0.1) is 5.92 Å². The number of benzene rings is 1. The lowest BCUT2D eigenvalue weighted by Gasteiger charge is -2.23. The maximum atomic E-state index is 13.1. The van der Waals surface area contributed by atoms with E-state index in [1.165, 1.54) is 81.9 Å². The summed E-state index contributed by atoms with van der Waals surface area (Å²) in [4.78, 5) is 27.6. The number of halogens is 2. The van der Waals surface area contributed by atoms with Gasteiger partial charge in [-0.3, -0.25) is 14.5 Å². The average molecular weight is 557 g/mol. The zero-order chi connectivity index (χ0) is 22.6. The molecule has 1 aromatic rings. The highest BCUT2D eigenvalue weighted by molar-refractivity contribution is 9.11. The van der Waals surface area contributed by atoms with E-state index in [-0.39, 0.29) is 11.8 Å². The summed E-state index contributed by atoms with van der Waals surface area (Å²) >= 11 is 6.93. The molecule has 2 amide bonds. The molecule has 174 valence electrons. The molecule has 0 aliphatic carbocycles. The van der Waals surface area contributed by atoms with Crippen molar-refractivity contribution in [1.29, 1.82) is 0 Å². The minimum atomic E-state index is -0.149. The number of fused-ring (bicyclic) bond motifs is 1. The molecule has 0 unspecified atom stereocenters. The Morgan fingerprint density at radius 3 is 1.48 bits per heavy atom. The third-order valence-electron chi connectivity index (χ3n) is 6.39. The Balaban J connectivity index is 1.95. The van der Waals surface area contributed by atoms with Gasteiger partial charge in [-0.15, -0.1) is 0 Å². The highest BCUT2D eigenvalue weighted by atomic mass is 79.9. The van der Waals surface area contributed by atoms with Crippen LogP contribution in [0.2, 0.25) is 0 Å². The van der Waals surface area contributed by atoms with Crippen molar-refractivity contribution in [2.24, 2.45) is 5.92 Å². The number of imide groups is 1. The largest absolute Gasteiger partial charge is 0.274 e. The third-order valence-corrected chi connectivity index (χ3v) is 7.72. The zero-order valence-electron chi connectivity index (χ0n) is 19.4. The SMILES string of the molecule is CCCCCCCCC(CCCCCCCC)CN1C(=O)c2c(Br)ccc(Br)c2C1=O. The molecule has 0 saturated carbocycles. The van der Waals surface area contributed by atoms with E-state index < -0.39 is 0 Å². The second kappa shape index (κ2) is 14.5. The van der Waals surface area contributed by atoms with E-state index in [4.69, 9.17) is 0 Å². The lowest BCUT2D eigenvalue weighted by Crippen LogP contribution is -2.34. The summed E-state index contributed by atoms with van der Waals surface area (Å²) in [6.45, 7) is 5.04. The van der Waals surface area contributed by atoms with Crippen LogP contribution in [0.25, 0.3) is 0 Å². The van der Waals surface area contributed by atoms with Crippen molar-refractivity contribution in [3.63, 3.8) is 0 Å². The van der Waals surface area contributed by atoms with Gasteiger partial charge in [-0.1, -0.05) is 90.9 Å². The molecule has 31 heavy (non-hydrogen) atoms. The Kier molecular flexibility index (Phi) is 12.4. The van der Waals surface area contributed by atoms with E-state index in [9.17, 15) is 9.59 Å². The summed E-state index contributed by atoms with van der Waals surface area (Å²) < 4.78 is 1.41. The zero-order valence-corrected chi connectivity index (χ0v) is 22.5. The van der Waals surface area contributed by atoms with E-state index in [1.807, 2.05) is 12.1 Å². The van der Waals surface area contributed by atoms with Gasteiger partial charge in [-0.05, 0) is 62.8 Å². The number of carbonyl (C=O) groups excluding carboxylic acids is 2. The van der Waals surface area contributed by atoms with Gasteiger partial charge in [0.05, 0.1) is 11.1 Å². The molecule has 0 atom stereocenters. The van der Waals surface area contributed by atoms with E-state index in [0.29, 0.717) is 32.5 Å². The number of hydrogen-bond donors (Lipinski definition) is 0. The Hall–Kier alpha value is -0.680. The van der Waals surface area contributed by atoms with Crippen LogP contribution >= 0.6 is 31.9 Å². The molecule has 0 fully saturated rings. The molecule has 1 heterocycles. The smallest absolute Gasteiger partial charge is 0.262 e. The van der Waals surface area contributed by atoms with Gasteiger partial charge < -0.3 is 0 Å². The fraction of sp³-hybridized carbons (Fsp3) is 0.692.